The van der Waals surface area contributed by atoms with E-state index in [-0.39, 0.29) is 12.1 Å². The average Bonchev–Trinajstić information content (AvgIpc) is 3.42. The van der Waals surface area contributed by atoms with Crippen molar-refractivity contribution < 1.29 is 4.74 Å². The van der Waals surface area contributed by atoms with Gasteiger partial charge in [0.1, 0.15) is 12.7 Å². The molecule has 0 unspecified atom stereocenters. The number of aromatic nitrogens is 5. The van der Waals surface area contributed by atoms with Crippen molar-refractivity contribution in [2.24, 2.45) is 0 Å². The first kappa shape index (κ1) is 19.5. The van der Waals surface area contributed by atoms with Crippen molar-refractivity contribution in [3.05, 3.63) is 65.8 Å². The second kappa shape index (κ2) is 8.30. The topological polar surface area (TPSA) is 73.0 Å². The number of nitrogens with one attached hydrogen (secondary N) is 1. The van der Waals surface area contributed by atoms with E-state index < -0.39 is 0 Å². The Morgan fingerprint density at radius 2 is 2.00 bits per heavy atom. The molecule has 0 aliphatic carbocycles. The van der Waals surface area contributed by atoms with Crippen molar-refractivity contribution in [2.75, 3.05) is 20.3 Å². The number of hydrogen-bond donors (Lipinski definition) is 1. The molecule has 0 bridgehead atoms. The van der Waals surface area contributed by atoms with Gasteiger partial charge in [-0.05, 0) is 50.7 Å². The largest absolute Gasteiger partial charge is 0.385 e. The number of thiocarbonyl (C=S) groups is 1. The zero-order chi connectivity index (χ0) is 20.4. The van der Waals surface area contributed by atoms with E-state index in [1.54, 1.807) is 19.8 Å². The molecule has 1 aliphatic rings. The van der Waals surface area contributed by atoms with Gasteiger partial charge in [-0.2, -0.15) is 0 Å². The Labute approximate surface area is 175 Å². The molecule has 1 fully saturated rings. The molecule has 0 aromatic carbocycles. The van der Waals surface area contributed by atoms with E-state index >= 15 is 0 Å². The van der Waals surface area contributed by atoms with E-state index in [0.29, 0.717) is 6.61 Å². The maximum atomic E-state index is 5.72. The number of pyridine rings is 1. The quantitative estimate of drug-likeness (QED) is 0.473. The molecule has 4 rings (SSSR count). The van der Waals surface area contributed by atoms with Crippen LogP contribution in [0.1, 0.15) is 41.1 Å². The minimum Gasteiger partial charge on any atom is -0.385 e. The smallest absolute Gasteiger partial charge is 0.170 e. The van der Waals surface area contributed by atoms with Crippen LogP contribution in [0, 0.1) is 13.8 Å². The zero-order valence-corrected chi connectivity index (χ0v) is 17.6. The van der Waals surface area contributed by atoms with E-state index in [1.807, 2.05) is 29.1 Å². The molecule has 4 heterocycles. The van der Waals surface area contributed by atoms with E-state index in [4.69, 9.17) is 17.0 Å². The summed E-state index contributed by atoms with van der Waals surface area (Å²) in [7, 11) is 1.72. The van der Waals surface area contributed by atoms with Crippen molar-refractivity contribution in [1.82, 2.24) is 34.8 Å². The van der Waals surface area contributed by atoms with Crippen molar-refractivity contribution in [1.29, 1.82) is 0 Å². The number of ether oxygens (including phenoxy) is 1. The zero-order valence-electron chi connectivity index (χ0n) is 16.8. The first-order valence-corrected chi connectivity index (χ1v) is 10.0. The summed E-state index contributed by atoms with van der Waals surface area (Å²) >= 11 is 5.72. The highest BCUT2D eigenvalue weighted by atomic mass is 32.1. The van der Waals surface area contributed by atoms with E-state index in [2.05, 4.69) is 50.0 Å². The highest BCUT2D eigenvalue weighted by molar-refractivity contribution is 7.80. The van der Waals surface area contributed by atoms with Gasteiger partial charge in [-0.3, -0.25) is 9.66 Å². The second-order valence-corrected chi connectivity index (χ2v) is 7.53. The van der Waals surface area contributed by atoms with Crippen LogP contribution in [-0.2, 0) is 4.74 Å². The summed E-state index contributed by atoms with van der Waals surface area (Å²) < 4.78 is 9.26. The third-order valence-corrected chi connectivity index (χ3v) is 5.69. The molecule has 0 saturated carbocycles. The predicted molar refractivity (Wildman–Crippen MR) is 113 cm³/mol. The molecular weight excluding hydrogens is 386 g/mol. The first-order chi connectivity index (χ1) is 14.1. The number of nitrogens with zero attached hydrogens (tertiary/aromatic N) is 6. The number of methoxy groups -OCH3 is 1. The standard InChI is InChI=1S/C20H25N7OS/c1-14-11-16(15(2)27(14)25-12-22-23-13-25)19-18(17-7-4-5-8-21-17)24-20(29)26(19)9-6-10-28-3/h4-5,7-8,11-13,18-19H,6,9-10H2,1-3H3,(H,24,29)/t18-,19-/m0/s1. The van der Waals surface area contributed by atoms with E-state index in [0.717, 1.165) is 35.2 Å². The lowest BCUT2D eigenvalue weighted by molar-refractivity contribution is 0.180. The van der Waals surface area contributed by atoms with Crippen LogP contribution in [0.3, 0.4) is 0 Å². The fourth-order valence-corrected chi connectivity index (χ4v) is 4.43. The molecule has 0 amide bonds. The molecule has 9 heteroatoms. The normalized spacial score (nSPS) is 19.0. The Kier molecular flexibility index (Phi) is 5.59. The van der Waals surface area contributed by atoms with Gasteiger partial charge in [0.25, 0.3) is 0 Å². The van der Waals surface area contributed by atoms with Crippen LogP contribution >= 0.6 is 12.2 Å². The molecule has 8 nitrogen and oxygen atoms in total. The van der Waals surface area contributed by atoms with Gasteiger partial charge in [-0.15, -0.1) is 10.2 Å². The summed E-state index contributed by atoms with van der Waals surface area (Å²) in [5, 5.41) is 12.1. The van der Waals surface area contributed by atoms with Crippen LogP contribution in [0.15, 0.2) is 43.1 Å². The highest BCUT2D eigenvalue weighted by Crippen LogP contribution is 2.40. The average molecular weight is 412 g/mol. The molecule has 152 valence electrons. The van der Waals surface area contributed by atoms with Gasteiger partial charge in [-0.25, -0.2) is 4.68 Å². The van der Waals surface area contributed by atoms with Crippen LogP contribution in [0.5, 0.6) is 0 Å². The Hall–Kier alpha value is -2.78. The fraction of sp³-hybridized carbons (Fsp3) is 0.400. The summed E-state index contributed by atoms with van der Waals surface area (Å²) in [5.41, 5.74) is 4.41. The van der Waals surface area contributed by atoms with Gasteiger partial charge in [0.05, 0.1) is 17.8 Å². The van der Waals surface area contributed by atoms with Gasteiger partial charge in [0.2, 0.25) is 0 Å². The molecule has 2 atom stereocenters. The van der Waals surface area contributed by atoms with Crippen LogP contribution < -0.4 is 5.32 Å². The van der Waals surface area contributed by atoms with Gasteiger partial charge in [-0.1, -0.05) is 6.07 Å². The number of aryl methyl sites for hydroxylation is 1. The van der Waals surface area contributed by atoms with Crippen LogP contribution in [0.25, 0.3) is 0 Å². The highest BCUT2D eigenvalue weighted by Gasteiger charge is 2.41. The SMILES string of the molecule is COCCCN1C(=S)N[C@@H](c2ccccn2)[C@@H]1c1cc(C)n(-n2cnnc2)c1C. The summed E-state index contributed by atoms with van der Waals surface area (Å²) in [5.74, 6) is 0. The maximum absolute atomic E-state index is 5.72. The van der Waals surface area contributed by atoms with Crippen molar-refractivity contribution in [3.63, 3.8) is 0 Å². The van der Waals surface area contributed by atoms with E-state index in [1.165, 1.54) is 5.56 Å². The lowest BCUT2D eigenvalue weighted by Gasteiger charge is -2.28. The van der Waals surface area contributed by atoms with Crippen LogP contribution in [0.4, 0.5) is 0 Å². The third kappa shape index (κ3) is 3.63. The van der Waals surface area contributed by atoms with Crippen LogP contribution in [0.2, 0.25) is 0 Å². The van der Waals surface area contributed by atoms with Gasteiger partial charge in [0.15, 0.2) is 5.11 Å². The van der Waals surface area contributed by atoms with Gasteiger partial charge in [0, 0.05) is 43.4 Å². The van der Waals surface area contributed by atoms with Gasteiger partial charge < -0.3 is 15.0 Å². The molecule has 3 aromatic rings. The molecule has 3 aromatic heterocycles. The fourth-order valence-electron chi connectivity index (χ4n) is 4.09. The van der Waals surface area contributed by atoms with Gasteiger partial charge >= 0.3 is 0 Å². The van der Waals surface area contributed by atoms with Crippen molar-refractivity contribution >= 4 is 17.3 Å². The van der Waals surface area contributed by atoms with E-state index in [9.17, 15) is 0 Å². The Morgan fingerprint density at radius 1 is 1.21 bits per heavy atom. The second-order valence-electron chi connectivity index (χ2n) is 7.15. The summed E-state index contributed by atoms with van der Waals surface area (Å²) in [6.07, 6.45) is 6.13. The molecule has 0 radical (unpaired) electrons. The number of hydrogen-bond acceptors (Lipinski definition) is 5. The molecule has 1 aliphatic heterocycles. The molecular formula is C20H25N7OS. The Morgan fingerprint density at radius 3 is 2.69 bits per heavy atom. The van der Waals surface area contributed by atoms with Crippen molar-refractivity contribution in [2.45, 2.75) is 32.4 Å². The Bertz CT molecular complexity index is 970. The van der Waals surface area contributed by atoms with Crippen molar-refractivity contribution in [3.8, 4) is 0 Å². The minimum absolute atomic E-state index is 0.0268. The summed E-state index contributed by atoms with van der Waals surface area (Å²) in [4.78, 5) is 6.86. The molecule has 1 saturated heterocycles. The molecule has 29 heavy (non-hydrogen) atoms. The maximum Gasteiger partial charge on any atom is 0.170 e. The Balaban J connectivity index is 1.77. The van der Waals surface area contributed by atoms with Crippen LogP contribution in [-0.4, -0.2) is 54.8 Å². The summed E-state index contributed by atoms with van der Waals surface area (Å²) in [6, 6.07) is 8.21. The molecule has 1 N–H and O–H groups in total. The minimum atomic E-state index is -0.0268. The first-order valence-electron chi connectivity index (χ1n) is 9.63. The lowest BCUT2D eigenvalue weighted by Crippen LogP contribution is -2.31. The molecule has 0 spiro atoms. The monoisotopic (exact) mass is 411 g/mol. The number of rotatable bonds is 7. The lowest BCUT2D eigenvalue weighted by atomic mass is 9.96. The predicted octanol–water partition coefficient (Wildman–Crippen LogP) is 2.41. The third-order valence-electron chi connectivity index (χ3n) is 5.34. The summed E-state index contributed by atoms with van der Waals surface area (Å²) in [6.45, 7) is 5.71.